The number of nitrogens with zero attached hydrogens (tertiary/aromatic N) is 1. The average molecular weight is 386 g/mol. The Morgan fingerprint density at radius 1 is 1.00 bits per heavy atom. The van der Waals surface area contributed by atoms with Gasteiger partial charge in [0.1, 0.15) is 0 Å². The maximum atomic E-state index is 12.7. The lowest BCUT2D eigenvalue weighted by atomic mass is 10.1. The van der Waals surface area contributed by atoms with Crippen LogP contribution in [0, 0.1) is 6.92 Å². The Kier molecular flexibility index (Phi) is 4.84. The van der Waals surface area contributed by atoms with Crippen LogP contribution in [0.5, 0.6) is 0 Å². The van der Waals surface area contributed by atoms with E-state index in [1.165, 1.54) is 37.3 Å². The molecule has 1 aliphatic rings. The van der Waals surface area contributed by atoms with Crippen LogP contribution in [0.1, 0.15) is 35.7 Å². The van der Waals surface area contributed by atoms with Gasteiger partial charge in [0.25, 0.3) is 10.0 Å². The van der Waals surface area contributed by atoms with Gasteiger partial charge in [0, 0.05) is 18.4 Å². The Labute approximate surface area is 157 Å². The maximum Gasteiger partial charge on any atom is 0.261 e. The number of amides is 2. The van der Waals surface area contributed by atoms with Gasteiger partial charge in [0.15, 0.2) is 5.78 Å². The van der Waals surface area contributed by atoms with Crippen molar-refractivity contribution < 1.29 is 22.8 Å². The minimum Gasteiger partial charge on any atom is -0.295 e. The molecule has 1 fully saturated rings. The van der Waals surface area contributed by atoms with E-state index in [0.717, 1.165) is 4.90 Å². The molecule has 0 aromatic heterocycles. The fourth-order valence-electron chi connectivity index (χ4n) is 2.79. The number of benzene rings is 2. The molecule has 0 bridgehead atoms. The number of rotatable bonds is 5. The van der Waals surface area contributed by atoms with E-state index in [1.807, 2.05) is 0 Å². The number of anilines is 2. The molecule has 27 heavy (non-hydrogen) atoms. The average Bonchev–Trinajstić information content (AvgIpc) is 2.95. The SMILES string of the molecule is CC(=O)c1ccc(C)c(NS(=O)(=O)c2ccc(N3C(=O)CCC3=O)cc2)c1. The van der Waals surface area contributed by atoms with E-state index >= 15 is 0 Å². The third-order valence-corrected chi connectivity index (χ3v) is 5.73. The summed E-state index contributed by atoms with van der Waals surface area (Å²) in [5.74, 6) is -0.768. The normalized spacial score (nSPS) is 14.5. The monoisotopic (exact) mass is 386 g/mol. The Bertz CT molecular complexity index is 1030. The molecular formula is C19H18N2O5S. The second-order valence-corrected chi connectivity index (χ2v) is 7.99. The third-order valence-electron chi connectivity index (χ3n) is 4.35. The summed E-state index contributed by atoms with van der Waals surface area (Å²) in [4.78, 5) is 36.1. The molecule has 1 saturated heterocycles. The highest BCUT2D eigenvalue weighted by atomic mass is 32.2. The molecule has 0 radical (unpaired) electrons. The van der Waals surface area contributed by atoms with E-state index in [1.54, 1.807) is 19.1 Å². The first-order chi connectivity index (χ1) is 12.7. The summed E-state index contributed by atoms with van der Waals surface area (Å²) in [6, 6.07) is 10.3. The molecule has 1 N–H and O–H groups in total. The third kappa shape index (κ3) is 3.75. The molecule has 0 saturated carbocycles. The maximum absolute atomic E-state index is 12.7. The van der Waals surface area contributed by atoms with Crippen molar-refractivity contribution >= 4 is 39.0 Å². The van der Waals surface area contributed by atoms with Crippen LogP contribution in [-0.2, 0) is 19.6 Å². The van der Waals surface area contributed by atoms with Crippen LogP contribution in [-0.4, -0.2) is 26.0 Å². The number of aryl methyl sites for hydroxylation is 1. The molecular weight excluding hydrogens is 368 g/mol. The summed E-state index contributed by atoms with van der Waals surface area (Å²) in [6.07, 6.45) is 0.318. The van der Waals surface area contributed by atoms with Gasteiger partial charge < -0.3 is 0 Å². The number of imide groups is 1. The number of carbonyl (C=O) groups excluding carboxylic acids is 3. The summed E-state index contributed by atoms with van der Waals surface area (Å²) in [5, 5.41) is 0. The Morgan fingerprint density at radius 2 is 1.59 bits per heavy atom. The number of Topliss-reactive ketones (excluding diaryl/α,β-unsaturated/α-hetero) is 1. The lowest BCUT2D eigenvalue weighted by molar-refractivity contribution is -0.121. The standard InChI is InChI=1S/C19H18N2O5S/c1-12-3-4-14(13(2)22)11-17(12)20-27(25,26)16-7-5-15(6-8-16)21-18(23)9-10-19(21)24/h3-8,11,20H,9-10H2,1-2H3. The van der Waals surface area contributed by atoms with Crippen LogP contribution in [0.15, 0.2) is 47.4 Å². The van der Waals surface area contributed by atoms with Crippen LogP contribution in [0.3, 0.4) is 0 Å². The number of hydrogen-bond acceptors (Lipinski definition) is 5. The number of ketones is 1. The van der Waals surface area contributed by atoms with Crippen molar-refractivity contribution in [3.8, 4) is 0 Å². The molecule has 8 heteroatoms. The van der Waals surface area contributed by atoms with Crippen molar-refractivity contribution in [2.24, 2.45) is 0 Å². The minimum absolute atomic E-state index is 0.0158. The molecule has 3 rings (SSSR count). The quantitative estimate of drug-likeness (QED) is 0.629. The van der Waals surface area contributed by atoms with E-state index in [-0.39, 0.29) is 35.3 Å². The number of hydrogen-bond donors (Lipinski definition) is 1. The van der Waals surface area contributed by atoms with Gasteiger partial charge in [0.2, 0.25) is 11.8 Å². The zero-order valence-corrected chi connectivity index (χ0v) is 15.7. The van der Waals surface area contributed by atoms with Crippen molar-refractivity contribution in [2.75, 3.05) is 9.62 Å². The molecule has 2 aromatic carbocycles. The van der Waals surface area contributed by atoms with Gasteiger partial charge >= 0.3 is 0 Å². The van der Waals surface area contributed by atoms with Crippen molar-refractivity contribution in [1.29, 1.82) is 0 Å². The highest BCUT2D eigenvalue weighted by molar-refractivity contribution is 7.92. The van der Waals surface area contributed by atoms with Crippen molar-refractivity contribution in [3.05, 3.63) is 53.6 Å². The second-order valence-electron chi connectivity index (χ2n) is 6.31. The molecule has 0 spiro atoms. The molecule has 0 aliphatic carbocycles. The predicted molar refractivity (Wildman–Crippen MR) is 100 cm³/mol. The van der Waals surface area contributed by atoms with E-state index in [2.05, 4.69) is 4.72 Å². The molecule has 2 amide bonds. The van der Waals surface area contributed by atoms with Crippen LogP contribution in [0.4, 0.5) is 11.4 Å². The lowest BCUT2D eigenvalue weighted by Crippen LogP contribution is -2.28. The van der Waals surface area contributed by atoms with Crippen LogP contribution < -0.4 is 9.62 Å². The van der Waals surface area contributed by atoms with Crippen LogP contribution >= 0.6 is 0 Å². The van der Waals surface area contributed by atoms with Crippen LogP contribution in [0.2, 0.25) is 0 Å². The second kappa shape index (κ2) is 6.96. The summed E-state index contributed by atoms with van der Waals surface area (Å²) >= 11 is 0. The molecule has 140 valence electrons. The van der Waals surface area contributed by atoms with E-state index < -0.39 is 10.0 Å². The molecule has 1 aliphatic heterocycles. The summed E-state index contributed by atoms with van der Waals surface area (Å²) < 4.78 is 27.8. The van der Waals surface area contributed by atoms with Gasteiger partial charge in [-0.2, -0.15) is 0 Å². The fraction of sp³-hybridized carbons (Fsp3) is 0.211. The van der Waals surface area contributed by atoms with Gasteiger partial charge in [-0.3, -0.25) is 24.0 Å². The van der Waals surface area contributed by atoms with Gasteiger partial charge in [-0.25, -0.2) is 8.42 Å². The highest BCUT2D eigenvalue weighted by Gasteiger charge is 2.30. The van der Waals surface area contributed by atoms with Gasteiger partial charge in [0.05, 0.1) is 16.3 Å². The van der Waals surface area contributed by atoms with E-state index in [0.29, 0.717) is 22.5 Å². The number of nitrogens with one attached hydrogen (secondary N) is 1. The van der Waals surface area contributed by atoms with E-state index in [9.17, 15) is 22.8 Å². The first-order valence-electron chi connectivity index (χ1n) is 8.29. The zero-order chi connectivity index (χ0) is 19.8. The van der Waals surface area contributed by atoms with Crippen molar-refractivity contribution in [1.82, 2.24) is 0 Å². The minimum atomic E-state index is -3.90. The van der Waals surface area contributed by atoms with Gasteiger partial charge in [-0.05, 0) is 49.7 Å². The van der Waals surface area contributed by atoms with Crippen LogP contribution in [0.25, 0.3) is 0 Å². The summed E-state index contributed by atoms with van der Waals surface area (Å²) in [5.41, 5.74) is 1.74. The molecule has 2 aromatic rings. The van der Waals surface area contributed by atoms with Gasteiger partial charge in [-0.15, -0.1) is 0 Å². The number of sulfonamides is 1. The predicted octanol–water partition coefficient (Wildman–Crippen LogP) is 2.65. The first-order valence-corrected chi connectivity index (χ1v) is 9.77. The summed E-state index contributed by atoms with van der Waals surface area (Å²) in [6.45, 7) is 3.14. The fourth-order valence-corrected chi connectivity index (χ4v) is 3.92. The molecule has 0 atom stereocenters. The topological polar surface area (TPSA) is 101 Å². The first kappa shape index (κ1) is 18.8. The van der Waals surface area contributed by atoms with E-state index in [4.69, 9.17) is 0 Å². The van der Waals surface area contributed by atoms with Crippen molar-refractivity contribution in [2.45, 2.75) is 31.6 Å². The molecule has 1 heterocycles. The molecule has 0 unspecified atom stereocenters. The highest BCUT2D eigenvalue weighted by Crippen LogP contribution is 2.26. The smallest absolute Gasteiger partial charge is 0.261 e. The lowest BCUT2D eigenvalue weighted by Gasteiger charge is -2.15. The Morgan fingerprint density at radius 3 is 2.15 bits per heavy atom. The Hall–Kier alpha value is -3.00. The largest absolute Gasteiger partial charge is 0.295 e. The molecule has 7 nitrogen and oxygen atoms in total. The Balaban J connectivity index is 1.88. The van der Waals surface area contributed by atoms with Crippen molar-refractivity contribution in [3.63, 3.8) is 0 Å². The van der Waals surface area contributed by atoms with Gasteiger partial charge in [-0.1, -0.05) is 12.1 Å². The zero-order valence-electron chi connectivity index (χ0n) is 14.9. The number of carbonyl (C=O) groups is 3. The summed E-state index contributed by atoms with van der Waals surface area (Å²) in [7, 11) is -3.90.